The van der Waals surface area contributed by atoms with Gasteiger partial charge in [0.25, 0.3) is 0 Å². The second-order valence-electron chi connectivity index (χ2n) is 13.6. The van der Waals surface area contributed by atoms with Crippen molar-refractivity contribution in [3.05, 3.63) is 96.6 Å². The Morgan fingerprint density at radius 1 is 0.939 bits per heavy atom. The monoisotopic (exact) mass is 652 g/mol. The van der Waals surface area contributed by atoms with Crippen molar-refractivity contribution in [2.75, 3.05) is 38.0 Å². The minimum Gasteiger partial charge on any atom is -0.338 e. The van der Waals surface area contributed by atoms with Gasteiger partial charge in [-0.1, -0.05) is 37.3 Å². The zero-order valence-electron chi connectivity index (χ0n) is 27.7. The fourth-order valence-corrected chi connectivity index (χ4v) is 7.23. The average Bonchev–Trinajstić information content (AvgIpc) is 3.79. The summed E-state index contributed by atoms with van der Waals surface area (Å²) in [4.78, 5) is 44.5. The Bertz CT molecular complexity index is 2040. The second kappa shape index (κ2) is 13.0. The SMILES string of the molecule is CCC1(C(=O)Nc2ccc3[nH]nc(-c4ccnc(C5CC5)c4)c3c2)CCN(CC(=O)N2CC=C(c3ccc(-c4ncccn4)cc3)CC2)C1. The molecule has 10 heteroatoms. The maximum Gasteiger partial charge on any atom is 0.237 e. The predicted molar refractivity (Wildman–Crippen MR) is 190 cm³/mol. The lowest BCUT2D eigenvalue weighted by molar-refractivity contribution is -0.132. The maximum atomic E-state index is 13.8. The molecule has 1 unspecified atom stereocenters. The molecule has 3 aromatic heterocycles. The van der Waals surface area contributed by atoms with Gasteiger partial charge < -0.3 is 10.2 Å². The van der Waals surface area contributed by atoms with Crippen molar-refractivity contribution in [3.8, 4) is 22.6 Å². The molecule has 5 heterocycles. The van der Waals surface area contributed by atoms with Crippen molar-refractivity contribution in [3.63, 3.8) is 0 Å². The van der Waals surface area contributed by atoms with Gasteiger partial charge in [-0.15, -0.1) is 0 Å². The molecule has 0 spiro atoms. The van der Waals surface area contributed by atoms with E-state index in [0.29, 0.717) is 44.3 Å². The van der Waals surface area contributed by atoms with Crippen LogP contribution in [0.4, 0.5) is 5.69 Å². The largest absolute Gasteiger partial charge is 0.338 e. The first-order chi connectivity index (χ1) is 24.0. The molecule has 2 N–H and O–H groups in total. The van der Waals surface area contributed by atoms with Crippen molar-refractivity contribution in [2.24, 2.45) is 5.41 Å². The molecule has 5 aromatic rings. The minimum absolute atomic E-state index is 0.00432. The predicted octanol–water partition coefficient (Wildman–Crippen LogP) is 6.32. The lowest BCUT2D eigenvalue weighted by atomic mass is 9.83. The van der Waals surface area contributed by atoms with Crippen LogP contribution in [0.25, 0.3) is 39.1 Å². The van der Waals surface area contributed by atoms with E-state index < -0.39 is 5.41 Å². The number of likely N-dealkylation sites (tertiary alicyclic amines) is 1. The standard InChI is InChI=1S/C39H40N8O2/c1-2-39(38(49)43-31-10-11-33-32(23-31)36(45-44-33)30-12-18-40-34(22-30)28-6-7-28)15-21-46(25-39)24-35(48)47-19-13-27(14-20-47)26-4-8-29(9-5-26)37-41-16-3-17-42-37/h3-5,8-13,16-18,22-23,28H,2,6-7,14-15,19-21,24-25H2,1H3,(H,43,49)(H,44,45). The van der Waals surface area contributed by atoms with Crippen LogP contribution in [-0.2, 0) is 9.59 Å². The zero-order valence-corrected chi connectivity index (χ0v) is 27.7. The maximum absolute atomic E-state index is 13.8. The Morgan fingerprint density at radius 2 is 1.76 bits per heavy atom. The average molecular weight is 653 g/mol. The molecule has 3 aliphatic rings. The molecule has 49 heavy (non-hydrogen) atoms. The number of aromatic amines is 1. The van der Waals surface area contributed by atoms with Gasteiger partial charge in [0.1, 0.15) is 5.69 Å². The molecule has 2 aliphatic heterocycles. The van der Waals surface area contributed by atoms with Gasteiger partial charge in [0.2, 0.25) is 11.8 Å². The summed E-state index contributed by atoms with van der Waals surface area (Å²) in [5.74, 6) is 1.38. The molecule has 0 radical (unpaired) electrons. The summed E-state index contributed by atoms with van der Waals surface area (Å²) in [6, 6.07) is 20.1. The summed E-state index contributed by atoms with van der Waals surface area (Å²) >= 11 is 0. The van der Waals surface area contributed by atoms with E-state index in [9.17, 15) is 9.59 Å². The van der Waals surface area contributed by atoms with E-state index >= 15 is 0 Å². The van der Waals surface area contributed by atoms with Gasteiger partial charge in [-0.25, -0.2) is 9.97 Å². The topological polar surface area (TPSA) is 120 Å². The number of amides is 2. The Hall–Kier alpha value is -5.22. The lowest BCUT2D eigenvalue weighted by Gasteiger charge is -2.30. The molecule has 2 amide bonds. The molecule has 1 saturated carbocycles. The van der Waals surface area contributed by atoms with Crippen LogP contribution in [0.3, 0.4) is 0 Å². The highest BCUT2D eigenvalue weighted by molar-refractivity contribution is 6.00. The minimum atomic E-state index is -0.551. The van der Waals surface area contributed by atoms with E-state index in [1.165, 1.54) is 18.4 Å². The van der Waals surface area contributed by atoms with Crippen molar-refractivity contribution >= 4 is 34.0 Å². The van der Waals surface area contributed by atoms with E-state index in [0.717, 1.165) is 64.1 Å². The summed E-state index contributed by atoms with van der Waals surface area (Å²) in [5.41, 5.74) is 7.52. The third kappa shape index (κ3) is 6.36. The Balaban J connectivity index is 0.886. The first-order valence-electron chi connectivity index (χ1n) is 17.3. The van der Waals surface area contributed by atoms with Crippen LogP contribution in [0, 0.1) is 5.41 Å². The van der Waals surface area contributed by atoms with Crippen molar-refractivity contribution < 1.29 is 9.59 Å². The van der Waals surface area contributed by atoms with Crippen LogP contribution in [0.5, 0.6) is 0 Å². The molecule has 2 aromatic carbocycles. The number of fused-ring (bicyclic) bond motifs is 1. The molecule has 248 valence electrons. The first kappa shape index (κ1) is 31.1. The van der Waals surface area contributed by atoms with Gasteiger partial charge in [-0.2, -0.15) is 5.10 Å². The fourth-order valence-electron chi connectivity index (χ4n) is 7.23. The van der Waals surface area contributed by atoms with E-state index in [-0.39, 0.29) is 11.8 Å². The number of pyridine rings is 1. The quantitative estimate of drug-likeness (QED) is 0.191. The molecule has 1 saturated heterocycles. The molecular formula is C39H40N8O2. The molecule has 8 rings (SSSR count). The van der Waals surface area contributed by atoms with Gasteiger partial charge >= 0.3 is 0 Å². The summed E-state index contributed by atoms with van der Waals surface area (Å²) < 4.78 is 0. The number of hydrogen-bond acceptors (Lipinski definition) is 7. The highest BCUT2D eigenvalue weighted by Crippen LogP contribution is 2.41. The molecule has 1 aliphatic carbocycles. The Labute approximate surface area is 285 Å². The van der Waals surface area contributed by atoms with Crippen LogP contribution in [0.15, 0.2) is 85.3 Å². The highest BCUT2D eigenvalue weighted by atomic mass is 16.2. The zero-order chi connectivity index (χ0) is 33.4. The number of H-pyrrole nitrogens is 1. The Kier molecular flexibility index (Phi) is 8.25. The van der Waals surface area contributed by atoms with Crippen molar-refractivity contribution in [1.82, 2.24) is 34.9 Å². The number of aromatic nitrogens is 5. The van der Waals surface area contributed by atoms with Gasteiger partial charge in [0.05, 0.1) is 17.5 Å². The van der Waals surface area contributed by atoms with Gasteiger partial charge in [-0.3, -0.25) is 24.6 Å². The summed E-state index contributed by atoms with van der Waals surface area (Å²) in [6.45, 7) is 4.94. The molecule has 1 atom stereocenters. The number of carbonyl (C=O) groups excluding carboxylic acids is 2. The number of nitrogens with zero attached hydrogens (tertiary/aromatic N) is 6. The highest BCUT2D eigenvalue weighted by Gasteiger charge is 2.43. The van der Waals surface area contributed by atoms with Gasteiger partial charge in [0, 0.05) is 72.0 Å². The number of benzene rings is 2. The molecule has 0 bridgehead atoms. The normalized spacial score (nSPS) is 19.6. The molecular weight excluding hydrogens is 612 g/mol. The smallest absolute Gasteiger partial charge is 0.237 e. The van der Waals surface area contributed by atoms with Crippen LogP contribution in [-0.4, -0.2) is 79.5 Å². The van der Waals surface area contributed by atoms with E-state index in [1.807, 2.05) is 53.6 Å². The summed E-state index contributed by atoms with van der Waals surface area (Å²) in [6.07, 6.45) is 12.1. The van der Waals surface area contributed by atoms with E-state index in [2.05, 4.69) is 66.6 Å². The van der Waals surface area contributed by atoms with Crippen LogP contribution in [0.1, 0.15) is 56.2 Å². The van der Waals surface area contributed by atoms with Crippen LogP contribution in [0.2, 0.25) is 0 Å². The number of carbonyl (C=O) groups is 2. The van der Waals surface area contributed by atoms with Gasteiger partial charge in [-0.05, 0) is 86.2 Å². The summed E-state index contributed by atoms with van der Waals surface area (Å²) in [7, 11) is 0. The van der Waals surface area contributed by atoms with E-state index in [1.54, 1.807) is 12.4 Å². The molecule has 10 nitrogen and oxygen atoms in total. The first-order valence-corrected chi connectivity index (χ1v) is 17.3. The number of hydrogen-bond donors (Lipinski definition) is 2. The molecule has 2 fully saturated rings. The number of nitrogens with one attached hydrogen (secondary N) is 2. The van der Waals surface area contributed by atoms with Gasteiger partial charge in [0.15, 0.2) is 5.82 Å². The number of anilines is 1. The number of rotatable bonds is 9. The third-order valence-corrected chi connectivity index (χ3v) is 10.5. The van der Waals surface area contributed by atoms with Crippen LogP contribution < -0.4 is 5.32 Å². The summed E-state index contributed by atoms with van der Waals surface area (Å²) in [5, 5.41) is 11.9. The van der Waals surface area contributed by atoms with E-state index in [4.69, 9.17) is 0 Å². The third-order valence-electron chi connectivity index (χ3n) is 10.5. The Morgan fingerprint density at radius 3 is 2.51 bits per heavy atom. The second-order valence-corrected chi connectivity index (χ2v) is 13.6. The van der Waals surface area contributed by atoms with Crippen molar-refractivity contribution in [2.45, 2.75) is 44.9 Å². The lowest BCUT2D eigenvalue weighted by Crippen LogP contribution is -2.43. The fraction of sp³-hybridized carbons (Fsp3) is 0.333. The van der Waals surface area contributed by atoms with Crippen LogP contribution >= 0.6 is 0 Å². The van der Waals surface area contributed by atoms with Crippen molar-refractivity contribution in [1.29, 1.82) is 0 Å².